The van der Waals surface area contributed by atoms with Gasteiger partial charge < -0.3 is 25.0 Å². The zero-order chi connectivity index (χ0) is 16.9. The van der Waals surface area contributed by atoms with Crippen LogP contribution in [0, 0.1) is 0 Å². The Morgan fingerprint density at radius 3 is 2.46 bits per heavy atom. The third kappa shape index (κ3) is 10.7. The molecule has 0 aromatic carbocycles. The Balaban J connectivity index is 0.00000529. The predicted molar refractivity (Wildman–Crippen MR) is 112 cm³/mol. The summed E-state index contributed by atoms with van der Waals surface area (Å²) in [6.07, 6.45) is 4.51. The van der Waals surface area contributed by atoms with Gasteiger partial charge in [-0.3, -0.25) is 4.99 Å². The fraction of sp³-hybridized carbons (Fsp3) is 0.941. The summed E-state index contributed by atoms with van der Waals surface area (Å²) in [5.74, 6) is 0.924. The van der Waals surface area contributed by atoms with Crippen molar-refractivity contribution in [1.29, 1.82) is 0 Å². The number of nitrogens with one attached hydrogen (secondary N) is 2. The van der Waals surface area contributed by atoms with E-state index in [0.717, 1.165) is 32.0 Å². The highest BCUT2D eigenvalue weighted by Crippen LogP contribution is 2.12. The SMILES string of the molecule is CN=C(NCCCCOCCOC)NC1CCN(C(C)C)CC1.I. The van der Waals surface area contributed by atoms with Gasteiger partial charge in [0.25, 0.3) is 0 Å². The number of ether oxygens (including phenoxy) is 2. The number of nitrogens with zero attached hydrogens (tertiary/aromatic N) is 2. The molecule has 6 nitrogen and oxygen atoms in total. The Morgan fingerprint density at radius 2 is 1.88 bits per heavy atom. The average molecular weight is 456 g/mol. The first kappa shape index (κ1) is 23.9. The molecule has 0 unspecified atom stereocenters. The molecule has 0 saturated carbocycles. The number of unbranched alkanes of at least 4 members (excludes halogenated alkanes) is 1. The topological polar surface area (TPSA) is 58.1 Å². The fourth-order valence-corrected chi connectivity index (χ4v) is 2.73. The standard InChI is InChI=1S/C17H36N4O2.HI/c1-15(2)21-10-7-16(8-11-21)20-17(18-3)19-9-5-6-12-23-14-13-22-4;/h15-16H,5-14H2,1-4H3,(H2,18,19,20);1H. The van der Waals surface area contributed by atoms with Gasteiger partial charge in [-0.25, -0.2) is 0 Å². The third-order valence-corrected chi connectivity index (χ3v) is 4.26. The van der Waals surface area contributed by atoms with Crippen LogP contribution in [-0.2, 0) is 9.47 Å². The van der Waals surface area contributed by atoms with E-state index in [1.54, 1.807) is 7.11 Å². The number of piperidine rings is 1. The molecule has 0 radical (unpaired) electrons. The molecule has 0 aliphatic carbocycles. The Bertz CT molecular complexity index is 322. The summed E-state index contributed by atoms with van der Waals surface area (Å²) in [6, 6.07) is 1.19. The van der Waals surface area contributed by atoms with E-state index in [2.05, 4.69) is 34.4 Å². The number of guanidine groups is 1. The van der Waals surface area contributed by atoms with Crippen LogP contribution in [0.4, 0.5) is 0 Å². The van der Waals surface area contributed by atoms with Gasteiger partial charge in [0.1, 0.15) is 0 Å². The summed E-state index contributed by atoms with van der Waals surface area (Å²) in [7, 11) is 3.53. The third-order valence-electron chi connectivity index (χ3n) is 4.26. The second kappa shape index (κ2) is 15.2. The minimum atomic E-state index is 0. The number of halogens is 1. The molecule has 0 atom stereocenters. The van der Waals surface area contributed by atoms with E-state index in [-0.39, 0.29) is 24.0 Å². The lowest BCUT2D eigenvalue weighted by Crippen LogP contribution is -2.49. The Hall–Kier alpha value is -0.120. The van der Waals surface area contributed by atoms with Crippen LogP contribution in [0.5, 0.6) is 0 Å². The van der Waals surface area contributed by atoms with Crippen molar-refractivity contribution < 1.29 is 9.47 Å². The minimum absolute atomic E-state index is 0. The first-order chi connectivity index (χ1) is 11.2. The average Bonchev–Trinajstić information content (AvgIpc) is 2.56. The van der Waals surface area contributed by atoms with Crippen molar-refractivity contribution in [2.45, 2.75) is 51.6 Å². The van der Waals surface area contributed by atoms with Crippen LogP contribution in [-0.4, -0.2) is 76.6 Å². The molecule has 2 N–H and O–H groups in total. The summed E-state index contributed by atoms with van der Waals surface area (Å²) < 4.78 is 10.4. The van der Waals surface area contributed by atoms with E-state index >= 15 is 0 Å². The van der Waals surface area contributed by atoms with Crippen LogP contribution in [0.25, 0.3) is 0 Å². The Labute approximate surface area is 165 Å². The summed E-state index contributed by atoms with van der Waals surface area (Å²) >= 11 is 0. The van der Waals surface area contributed by atoms with E-state index in [0.29, 0.717) is 25.3 Å². The second-order valence-electron chi connectivity index (χ2n) is 6.36. The van der Waals surface area contributed by atoms with Gasteiger partial charge in [0, 0.05) is 52.5 Å². The smallest absolute Gasteiger partial charge is 0.191 e. The van der Waals surface area contributed by atoms with E-state index in [1.165, 1.54) is 25.9 Å². The van der Waals surface area contributed by atoms with E-state index in [4.69, 9.17) is 9.47 Å². The number of methoxy groups -OCH3 is 1. The van der Waals surface area contributed by atoms with Crippen molar-refractivity contribution in [2.75, 3.05) is 53.6 Å². The van der Waals surface area contributed by atoms with Gasteiger partial charge in [-0.2, -0.15) is 0 Å². The molecule has 0 aromatic rings. The highest BCUT2D eigenvalue weighted by Gasteiger charge is 2.21. The summed E-state index contributed by atoms with van der Waals surface area (Å²) in [5.41, 5.74) is 0. The predicted octanol–water partition coefficient (Wildman–Crippen LogP) is 2.09. The molecule has 0 aromatic heterocycles. The molecule has 1 fully saturated rings. The maximum absolute atomic E-state index is 5.45. The maximum atomic E-state index is 5.45. The molecule has 0 spiro atoms. The van der Waals surface area contributed by atoms with Gasteiger partial charge in [-0.05, 0) is 39.5 Å². The summed E-state index contributed by atoms with van der Waals surface area (Å²) in [6.45, 7) is 9.96. The lowest BCUT2D eigenvalue weighted by molar-refractivity contribution is 0.0689. The molecule has 144 valence electrons. The zero-order valence-corrected chi connectivity index (χ0v) is 18.2. The highest BCUT2D eigenvalue weighted by atomic mass is 127. The van der Waals surface area contributed by atoms with Crippen LogP contribution in [0.2, 0.25) is 0 Å². The van der Waals surface area contributed by atoms with Gasteiger partial charge in [0.2, 0.25) is 0 Å². The molecular weight excluding hydrogens is 419 g/mol. The number of likely N-dealkylation sites (tertiary alicyclic amines) is 1. The van der Waals surface area contributed by atoms with Crippen molar-refractivity contribution >= 4 is 29.9 Å². The molecule has 0 bridgehead atoms. The van der Waals surface area contributed by atoms with Crippen molar-refractivity contribution in [3.05, 3.63) is 0 Å². The van der Waals surface area contributed by atoms with Crippen LogP contribution in [0.1, 0.15) is 39.5 Å². The van der Waals surface area contributed by atoms with Crippen molar-refractivity contribution in [3.8, 4) is 0 Å². The molecular formula is C17H37IN4O2. The number of hydrogen-bond donors (Lipinski definition) is 2. The lowest BCUT2D eigenvalue weighted by Gasteiger charge is -2.35. The maximum Gasteiger partial charge on any atom is 0.191 e. The minimum Gasteiger partial charge on any atom is -0.382 e. The van der Waals surface area contributed by atoms with Crippen LogP contribution in [0.15, 0.2) is 4.99 Å². The van der Waals surface area contributed by atoms with Crippen LogP contribution in [0.3, 0.4) is 0 Å². The second-order valence-corrected chi connectivity index (χ2v) is 6.36. The van der Waals surface area contributed by atoms with E-state index < -0.39 is 0 Å². The Kier molecular flexibility index (Phi) is 15.1. The van der Waals surface area contributed by atoms with Gasteiger partial charge in [-0.1, -0.05) is 0 Å². The summed E-state index contributed by atoms with van der Waals surface area (Å²) in [4.78, 5) is 6.87. The molecule has 1 rings (SSSR count). The zero-order valence-electron chi connectivity index (χ0n) is 15.8. The number of rotatable bonds is 10. The highest BCUT2D eigenvalue weighted by molar-refractivity contribution is 14.0. The van der Waals surface area contributed by atoms with Gasteiger partial charge in [0.05, 0.1) is 13.2 Å². The molecule has 1 saturated heterocycles. The van der Waals surface area contributed by atoms with Crippen LogP contribution < -0.4 is 10.6 Å². The van der Waals surface area contributed by atoms with Crippen LogP contribution >= 0.6 is 24.0 Å². The fourth-order valence-electron chi connectivity index (χ4n) is 2.73. The number of hydrogen-bond acceptors (Lipinski definition) is 4. The monoisotopic (exact) mass is 456 g/mol. The van der Waals surface area contributed by atoms with Crippen molar-refractivity contribution in [3.63, 3.8) is 0 Å². The number of aliphatic imine (C=N–C) groups is 1. The largest absolute Gasteiger partial charge is 0.382 e. The normalized spacial score (nSPS) is 17.0. The van der Waals surface area contributed by atoms with Crippen molar-refractivity contribution in [2.24, 2.45) is 4.99 Å². The Morgan fingerprint density at radius 1 is 1.17 bits per heavy atom. The van der Waals surface area contributed by atoms with Gasteiger partial charge in [-0.15, -0.1) is 24.0 Å². The molecule has 1 heterocycles. The molecule has 0 amide bonds. The molecule has 7 heteroatoms. The first-order valence-corrected chi connectivity index (χ1v) is 8.95. The first-order valence-electron chi connectivity index (χ1n) is 8.95. The quantitative estimate of drug-likeness (QED) is 0.228. The molecule has 24 heavy (non-hydrogen) atoms. The van der Waals surface area contributed by atoms with Gasteiger partial charge in [0.15, 0.2) is 5.96 Å². The van der Waals surface area contributed by atoms with E-state index in [1.807, 2.05) is 7.05 Å². The van der Waals surface area contributed by atoms with E-state index in [9.17, 15) is 0 Å². The lowest BCUT2D eigenvalue weighted by atomic mass is 10.0. The molecule has 1 aliphatic heterocycles. The molecule has 1 aliphatic rings. The van der Waals surface area contributed by atoms with Crippen molar-refractivity contribution in [1.82, 2.24) is 15.5 Å². The van der Waals surface area contributed by atoms with Gasteiger partial charge >= 0.3 is 0 Å². The summed E-state index contributed by atoms with van der Waals surface area (Å²) in [5, 5.41) is 6.95.